The first-order valence-electron chi connectivity index (χ1n) is 9.83. The molecular formula is C22H26F2N4O2. The molecule has 3 rings (SSSR count). The first-order chi connectivity index (χ1) is 14.4. The Labute approximate surface area is 174 Å². The Hall–Kier alpha value is -3.16. The molecule has 8 heteroatoms. The highest BCUT2D eigenvalue weighted by molar-refractivity contribution is 5.99. The van der Waals surface area contributed by atoms with Gasteiger partial charge in [-0.3, -0.25) is 4.68 Å². The number of nitrogens with two attached hydrogens (primary N) is 1. The highest BCUT2D eigenvalue weighted by atomic mass is 19.1. The number of rotatable bonds is 7. The van der Waals surface area contributed by atoms with Crippen LogP contribution < -0.4 is 10.5 Å². The molecule has 2 heterocycles. The minimum atomic E-state index is -0.677. The third kappa shape index (κ3) is 4.53. The zero-order chi connectivity index (χ0) is 21.8. The van der Waals surface area contributed by atoms with Crippen LogP contribution in [0.25, 0.3) is 5.70 Å². The molecule has 1 atom stereocenters. The fourth-order valence-electron chi connectivity index (χ4n) is 3.29. The number of hydrogen-bond donors (Lipinski definition) is 1. The fraction of sp³-hybridized carbons (Fsp3) is 0.364. The molecule has 1 aliphatic heterocycles. The van der Waals surface area contributed by atoms with Gasteiger partial charge in [0.2, 0.25) is 0 Å². The van der Waals surface area contributed by atoms with E-state index in [1.54, 1.807) is 20.2 Å². The van der Waals surface area contributed by atoms with Gasteiger partial charge in [0.1, 0.15) is 23.1 Å². The fourth-order valence-corrected chi connectivity index (χ4v) is 3.29. The van der Waals surface area contributed by atoms with Crippen LogP contribution in [0.5, 0.6) is 5.75 Å². The average molecular weight is 416 g/mol. The number of aliphatic imine (C=N–C) groups is 1. The number of aromatic nitrogens is 2. The van der Waals surface area contributed by atoms with Crippen molar-refractivity contribution in [2.24, 2.45) is 16.6 Å². The third-order valence-corrected chi connectivity index (χ3v) is 4.85. The molecule has 0 fully saturated rings. The number of aryl methyl sites for hydroxylation is 1. The Morgan fingerprint density at radius 1 is 1.17 bits per heavy atom. The van der Waals surface area contributed by atoms with Gasteiger partial charge in [-0.1, -0.05) is 6.92 Å². The zero-order valence-corrected chi connectivity index (χ0v) is 17.6. The normalized spacial score (nSPS) is 16.5. The first kappa shape index (κ1) is 21.5. The molecule has 1 aliphatic rings. The molecule has 2 N–H and O–H groups in total. The smallest absolute Gasteiger partial charge is 0.166 e. The van der Waals surface area contributed by atoms with E-state index in [0.717, 1.165) is 12.0 Å². The number of ether oxygens (including phenoxy) is 2. The van der Waals surface area contributed by atoms with E-state index in [0.29, 0.717) is 23.8 Å². The summed E-state index contributed by atoms with van der Waals surface area (Å²) < 4.78 is 40.9. The second-order valence-electron chi connectivity index (χ2n) is 7.01. The van der Waals surface area contributed by atoms with Crippen molar-refractivity contribution < 1.29 is 18.3 Å². The van der Waals surface area contributed by atoms with Gasteiger partial charge in [-0.25, -0.2) is 13.8 Å². The standard InChI is InChI=1S/C22H26F2N4O2/c1-5-14-7-19(26-22(25)20(8-14)29-4)21-13(3)11-28(27-21)12-16-17(23)9-15(30-6-2)10-18(16)24/h7-11,14H,5-6,12H2,1-4H3,(H2,25,26). The van der Waals surface area contributed by atoms with Gasteiger partial charge < -0.3 is 15.2 Å². The van der Waals surface area contributed by atoms with Crippen molar-refractivity contribution in [3.63, 3.8) is 0 Å². The van der Waals surface area contributed by atoms with E-state index in [1.165, 1.54) is 16.8 Å². The lowest BCUT2D eigenvalue weighted by atomic mass is 10.0. The number of nitrogens with zero attached hydrogens (tertiary/aromatic N) is 3. The molecule has 0 amide bonds. The summed E-state index contributed by atoms with van der Waals surface area (Å²) in [5.41, 5.74) is 8.01. The molecule has 0 saturated heterocycles. The van der Waals surface area contributed by atoms with Crippen LogP contribution in [0.1, 0.15) is 37.1 Å². The van der Waals surface area contributed by atoms with Gasteiger partial charge in [0.15, 0.2) is 11.6 Å². The predicted molar refractivity (Wildman–Crippen MR) is 112 cm³/mol. The molecule has 1 aromatic carbocycles. The Morgan fingerprint density at radius 3 is 2.47 bits per heavy atom. The van der Waals surface area contributed by atoms with Crippen LogP contribution in [-0.2, 0) is 11.3 Å². The topological polar surface area (TPSA) is 74.7 Å². The number of amidine groups is 1. The average Bonchev–Trinajstić information content (AvgIpc) is 2.98. The summed E-state index contributed by atoms with van der Waals surface area (Å²) in [7, 11) is 1.55. The van der Waals surface area contributed by atoms with Gasteiger partial charge in [0.05, 0.1) is 26.0 Å². The number of methoxy groups -OCH3 is 1. The maximum Gasteiger partial charge on any atom is 0.166 e. The van der Waals surface area contributed by atoms with Gasteiger partial charge in [-0.2, -0.15) is 5.10 Å². The molecule has 0 spiro atoms. The zero-order valence-electron chi connectivity index (χ0n) is 17.6. The van der Waals surface area contributed by atoms with Crippen molar-refractivity contribution in [1.29, 1.82) is 0 Å². The van der Waals surface area contributed by atoms with Crippen LogP contribution in [0.3, 0.4) is 0 Å². The van der Waals surface area contributed by atoms with Gasteiger partial charge >= 0.3 is 0 Å². The van der Waals surface area contributed by atoms with Crippen molar-refractivity contribution in [2.75, 3.05) is 13.7 Å². The summed E-state index contributed by atoms with van der Waals surface area (Å²) in [6.07, 6.45) is 6.45. The summed E-state index contributed by atoms with van der Waals surface area (Å²) in [4.78, 5) is 4.47. The van der Waals surface area contributed by atoms with Crippen LogP contribution in [0.4, 0.5) is 8.78 Å². The molecule has 2 aromatic rings. The van der Waals surface area contributed by atoms with Gasteiger partial charge in [-0.05, 0) is 38.0 Å². The Morgan fingerprint density at radius 2 is 1.87 bits per heavy atom. The van der Waals surface area contributed by atoms with Crippen molar-refractivity contribution in [2.45, 2.75) is 33.7 Å². The first-order valence-corrected chi connectivity index (χ1v) is 9.83. The number of halogens is 2. The van der Waals surface area contributed by atoms with Crippen LogP contribution in [0.2, 0.25) is 0 Å². The summed E-state index contributed by atoms with van der Waals surface area (Å²) in [6.45, 7) is 5.94. The van der Waals surface area contributed by atoms with Gasteiger partial charge in [0, 0.05) is 29.8 Å². The van der Waals surface area contributed by atoms with Crippen molar-refractivity contribution in [1.82, 2.24) is 9.78 Å². The molecule has 1 unspecified atom stereocenters. The SMILES string of the molecule is CCOc1cc(F)c(Cn2cc(C)c(C3=CC(CC)C=C(OC)C(N)=N3)n2)c(F)c1. The Bertz CT molecular complexity index is 1000. The highest BCUT2D eigenvalue weighted by Crippen LogP contribution is 2.27. The second-order valence-corrected chi connectivity index (χ2v) is 7.01. The largest absolute Gasteiger partial charge is 0.494 e. The van der Waals surface area contributed by atoms with Gasteiger partial charge in [-0.15, -0.1) is 0 Å². The van der Waals surface area contributed by atoms with Crippen molar-refractivity contribution >= 4 is 11.5 Å². The Balaban J connectivity index is 1.93. The van der Waals surface area contributed by atoms with Crippen LogP contribution in [0.15, 0.2) is 41.2 Å². The Kier molecular flexibility index (Phi) is 6.54. The summed E-state index contributed by atoms with van der Waals surface area (Å²) in [5.74, 6) is -0.339. The van der Waals surface area contributed by atoms with Crippen LogP contribution in [0, 0.1) is 24.5 Å². The second kappa shape index (κ2) is 9.11. The highest BCUT2D eigenvalue weighted by Gasteiger charge is 2.19. The molecule has 160 valence electrons. The number of hydrogen-bond acceptors (Lipinski definition) is 5. The molecule has 1 aromatic heterocycles. The molecule has 6 nitrogen and oxygen atoms in total. The molecular weight excluding hydrogens is 390 g/mol. The van der Waals surface area contributed by atoms with E-state index in [-0.39, 0.29) is 29.6 Å². The minimum Gasteiger partial charge on any atom is -0.494 e. The van der Waals surface area contributed by atoms with Gasteiger partial charge in [0.25, 0.3) is 0 Å². The summed E-state index contributed by atoms with van der Waals surface area (Å²) in [5, 5.41) is 4.52. The lowest BCUT2D eigenvalue weighted by Gasteiger charge is -2.09. The lowest BCUT2D eigenvalue weighted by Crippen LogP contribution is -2.16. The number of allylic oxidation sites excluding steroid dienone is 2. The molecule has 0 aliphatic carbocycles. The van der Waals surface area contributed by atoms with Crippen molar-refractivity contribution in [3.8, 4) is 5.75 Å². The quantitative estimate of drug-likeness (QED) is 0.735. The predicted octanol–water partition coefficient (Wildman–Crippen LogP) is 4.18. The monoisotopic (exact) mass is 416 g/mol. The number of benzene rings is 1. The van der Waals surface area contributed by atoms with E-state index >= 15 is 0 Å². The third-order valence-electron chi connectivity index (χ3n) is 4.85. The molecule has 0 bridgehead atoms. The minimum absolute atomic E-state index is 0.0594. The van der Waals surface area contributed by atoms with E-state index in [9.17, 15) is 8.78 Å². The summed E-state index contributed by atoms with van der Waals surface area (Å²) >= 11 is 0. The van der Waals surface area contributed by atoms with E-state index in [4.69, 9.17) is 15.2 Å². The molecule has 0 saturated carbocycles. The van der Waals surface area contributed by atoms with Crippen molar-refractivity contribution in [3.05, 3.63) is 64.7 Å². The van der Waals surface area contributed by atoms with Crippen LogP contribution >= 0.6 is 0 Å². The molecule has 0 radical (unpaired) electrons. The van der Waals surface area contributed by atoms with E-state index < -0.39 is 11.6 Å². The maximum atomic E-state index is 14.4. The van der Waals surface area contributed by atoms with E-state index in [1.807, 2.05) is 26.0 Å². The van der Waals surface area contributed by atoms with E-state index in [2.05, 4.69) is 10.1 Å². The van der Waals surface area contributed by atoms with Crippen LogP contribution in [-0.4, -0.2) is 29.3 Å². The summed E-state index contributed by atoms with van der Waals surface area (Å²) in [6, 6.07) is 2.36. The lowest BCUT2D eigenvalue weighted by molar-refractivity contribution is 0.311. The maximum absolute atomic E-state index is 14.4. The molecule has 30 heavy (non-hydrogen) atoms.